The van der Waals surface area contributed by atoms with E-state index in [-0.39, 0.29) is 12.1 Å². The third kappa shape index (κ3) is 2.57. The quantitative estimate of drug-likeness (QED) is 0.680. The van der Waals surface area contributed by atoms with E-state index in [0.29, 0.717) is 21.7 Å². The van der Waals surface area contributed by atoms with E-state index in [4.69, 9.17) is 11.6 Å². The predicted octanol–water partition coefficient (Wildman–Crippen LogP) is 1.95. The zero-order valence-electron chi connectivity index (χ0n) is 11.5. The van der Waals surface area contributed by atoms with Crippen LogP contribution in [0.3, 0.4) is 0 Å². The summed E-state index contributed by atoms with van der Waals surface area (Å²) in [6, 6.07) is 5.19. The fourth-order valence-electron chi connectivity index (χ4n) is 2.18. The van der Waals surface area contributed by atoms with Crippen LogP contribution >= 0.6 is 27.5 Å². The zero-order chi connectivity index (χ0) is 15.9. The first-order chi connectivity index (χ1) is 10.5. The van der Waals surface area contributed by atoms with Gasteiger partial charge >= 0.3 is 5.69 Å². The molecule has 2 heterocycles. The normalized spacial score (nSPS) is 11.0. The first-order valence-corrected chi connectivity index (χ1v) is 7.50. The summed E-state index contributed by atoms with van der Waals surface area (Å²) in [7, 11) is 1.45. The smallest absolute Gasteiger partial charge is 0.286 e. The standard InChI is InChI=1S/C14H10BrClN4O2/c1-19-13(21)10-4-8(15)2-3-11(10)20(14(19)22)7-12-17-5-9(16)6-18-12/h2-6H,7H2,1H3. The van der Waals surface area contributed by atoms with Crippen molar-refractivity contribution in [3.8, 4) is 0 Å². The van der Waals surface area contributed by atoms with Crippen molar-refractivity contribution in [2.24, 2.45) is 7.05 Å². The lowest BCUT2D eigenvalue weighted by Crippen LogP contribution is -2.38. The Bertz CT molecular complexity index is 979. The number of hydrogen-bond acceptors (Lipinski definition) is 4. The molecule has 112 valence electrons. The summed E-state index contributed by atoms with van der Waals surface area (Å²) in [5, 5.41) is 0.871. The van der Waals surface area contributed by atoms with Crippen molar-refractivity contribution in [2.45, 2.75) is 6.54 Å². The van der Waals surface area contributed by atoms with Gasteiger partial charge in [-0.05, 0) is 18.2 Å². The molecule has 0 atom stereocenters. The summed E-state index contributed by atoms with van der Waals surface area (Å²) in [5.41, 5.74) is -0.220. The van der Waals surface area contributed by atoms with Gasteiger partial charge in [-0.15, -0.1) is 0 Å². The number of fused-ring (bicyclic) bond motifs is 1. The molecule has 0 N–H and O–H groups in total. The lowest BCUT2D eigenvalue weighted by atomic mass is 10.2. The van der Waals surface area contributed by atoms with Crippen LogP contribution in [0, 0.1) is 0 Å². The van der Waals surface area contributed by atoms with Crippen molar-refractivity contribution >= 4 is 38.4 Å². The Kier molecular flexibility index (Phi) is 3.84. The minimum atomic E-state index is -0.418. The van der Waals surface area contributed by atoms with Gasteiger partial charge in [0.25, 0.3) is 5.56 Å². The molecule has 0 radical (unpaired) electrons. The van der Waals surface area contributed by atoms with Gasteiger partial charge in [-0.2, -0.15) is 0 Å². The van der Waals surface area contributed by atoms with Crippen LogP contribution in [0.5, 0.6) is 0 Å². The van der Waals surface area contributed by atoms with E-state index in [1.54, 1.807) is 18.2 Å². The van der Waals surface area contributed by atoms with Crippen LogP contribution in [0.15, 0.2) is 44.7 Å². The zero-order valence-corrected chi connectivity index (χ0v) is 13.8. The Labute approximate surface area is 138 Å². The van der Waals surface area contributed by atoms with E-state index >= 15 is 0 Å². The van der Waals surface area contributed by atoms with Gasteiger partial charge in [-0.1, -0.05) is 27.5 Å². The number of aromatic nitrogens is 4. The van der Waals surface area contributed by atoms with Crippen LogP contribution in [-0.2, 0) is 13.6 Å². The molecule has 22 heavy (non-hydrogen) atoms. The molecule has 0 unspecified atom stereocenters. The van der Waals surface area contributed by atoms with Crippen molar-refractivity contribution in [3.63, 3.8) is 0 Å². The molecular weight excluding hydrogens is 372 g/mol. The largest absolute Gasteiger partial charge is 0.331 e. The molecule has 0 saturated carbocycles. The minimum Gasteiger partial charge on any atom is -0.286 e. The number of hydrogen-bond donors (Lipinski definition) is 0. The number of halogens is 2. The fourth-order valence-corrected chi connectivity index (χ4v) is 2.64. The fraction of sp³-hybridized carbons (Fsp3) is 0.143. The van der Waals surface area contributed by atoms with Gasteiger partial charge in [0.15, 0.2) is 0 Å². The SMILES string of the molecule is Cn1c(=O)c2cc(Br)ccc2n(Cc2ncc(Cl)cn2)c1=O. The Morgan fingerprint density at radius 1 is 1.23 bits per heavy atom. The highest BCUT2D eigenvalue weighted by atomic mass is 79.9. The second kappa shape index (κ2) is 5.66. The number of rotatable bonds is 2. The monoisotopic (exact) mass is 380 g/mol. The second-order valence-electron chi connectivity index (χ2n) is 4.71. The van der Waals surface area contributed by atoms with Crippen LogP contribution < -0.4 is 11.2 Å². The lowest BCUT2D eigenvalue weighted by molar-refractivity contribution is 0.654. The summed E-state index contributed by atoms with van der Waals surface area (Å²) in [6.45, 7) is 0.155. The van der Waals surface area contributed by atoms with Gasteiger partial charge in [-0.25, -0.2) is 14.8 Å². The molecule has 0 aliphatic rings. The van der Waals surface area contributed by atoms with Gasteiger partial charge in [0, 0.05) is 23.9 Å². The van der Waals surface area contributed by atoms with Crippen molar-refractivity contribution in [2.75, 3.05) is 0 Å². The Morgan fingerprint density at radius 2 is 1.91 bits per heavy atom. The van der Waals surface area contributed by atoms with E-state index in [9.17, 15) is 9.59 Å². The third-order valence-electron chi connectivity index (χ3n) is 3.28. The molecule has 3 rings (SSSR count). The van der Waals surface area contributed by atoms with Crippen LogP contribution in [-0.4, -0.2) is 19.1 Å². The minimum absolute atomic E-state index is 0.155. The maximum Gasteiger partial charge on any atom is 0.331 e. The molecule has 0 saturated heterocycles. The van der Waals surface area contributed by atoms with Crippen molar-refractivity contribution in [1.82, 2.24) is 19.1 Å². The van der Waals surface area contributed by atoms with Crippen molar-refractivity contribution < 1.29 is 0 Å². The van der Waals surface area contributed by atoms with E-state index in [2.05, 4.69) is 25.9 Å². The molecule has 0 fully saturated rings. The average Bonchev–Trinajstić information content (AvgIpc) is 2.51. The van der Waals surface area contributed by atoms with E-state index in [1.807, 2.05) is 0 Å². The maximum absolute atomic E-state index is 12.4. The molecule has 0 aliphatic heterocycles. The second-order valence-corrected chi connectivity index (χ2v) is 6.06. The Balaban J connectivity index is 2.26. The molecular formula is C14H10BrClN4O2. The van der Waals surface area contributed by atoms with E-state index in [0.717, 1.165) is 9.04 Å². The lowest BCUT2D eigenvalue weighted by Gasteiger charge is -2.11. The first kappa shape index (κ1) is 14.9. The predicted molar refractivity (Wildman–Crippen MR) is 87.3 cm³/mol. The van der Waals surface area contributed by atoms with Crippen LogP contribution in [0.2, 0.25) is 5.02 Å². The molecule has 1 aromatic carbocycles. The Hall–Kier alpha value is -1.99. The van der Waals surface area contributed by atoms with Crippen LogP contribution in [0.4, 0.5) is 0 Å². The van der Waals surface area contributed by atoms with Crippen molar-refractivity contribution in [3.05, 3.63) is 66.8 Å². The molecule has 0 amide bonds. The Morgan fingerprint density at radius 3 is 2.59 bits per heavy atom. The highest BCUT2D eigenvalue weighted by Gasteiger charge is 2.12. The molecule has 8 heteroatoms. The van der Waals surface area contributed by atoms with E-state index < -0.39 is 5.69 Å². The van der Waals surface area contributed by atoms with Crippen molar-refractivity contribution in [1.29, 1.82) is 0 Å². The summed E-state index contributed by atoms with van der Waals surface area (Å²) in [6.07, 6.45) is 2.94. The summed E-state index contributed by atoms with van der Waals surface area (Å²) >= 11 is 9.09. The summed E-state index contributed by atoms with van der Waals surface area (Å²) in [5.74, 6) is 0.439. The van der Waals surface area contributed by atoms with E-state index in [1.165, 1.54) is 24.0 Å². The molecule has 6 nitrogen and oxygen atoms in total. The van der Waals surface area contributed by atoms with Gasteiger partial charge < -0.3 is 0 Å². The number of nitrogens with zero attached hydrogens (tertiary/aromatic N) is 4. The summed E-state index contributed by atoms with van der Waals surface area (Å²) in [4.78, 5) is 32.8. The highest BCUT2D eigenvalue weighted by Crippen LogP contribution is 2.16. The van der Waals surface area contributed by atoms with Gasteiger partial charge in [0.1, 0.15) is 5.82 Å². The number of benzene rings is 1. The molecule has 0 aliphatic carbocycles. The van der Waals surface area contributed by atoms with Gasteiger partial charge in [0.2, 0.25) is 0 Å². The van der Waals surface area contributed by atoms with Gasteiger partial charge in [0.05, 0.1) is 22.5 Å². The molecule has 2 aromatic heterocycles. The third-order valence-corrected chi connectivity index (χ3v) is 3.96. The van der Waals surface area contributed by atoms with Crippen LogP contribution in [0.1, 0.15) is 5.82 Å². The topological polar surface area (TPSA) is 69.8 Å². The molecule has 3 aromatic rings. The van der Waals surface area contributed by atoms with Crippen LogP contribution in [0.25, 0.3) is 10.9 Å². The highest BCUT2D eigenvalue weighted by molar-refractivity contribution is 9.10. The maximum atomic E-state index is 12.4. The first-order valence-electron chi connectivity index (χ1n) is 6.33. The molecule has 0 bridgehead atoms. The molecule has 0 spiro atoms. The van der Waals surface area contributed by atoms with Gasteiger partial charge in [-0.3, -0.25) is 13.9 Å². The summed E-state index contributed by atoms with van der Waals surface area (Å²) < 4.78 is 3.31. The average molecular weight is 382 g/mol.